The third-order valence-electron chi connectivity index (χ3n) is 5.36. The van der Waals surface area contributed by atoms with Crippen molar-refractivity contribution in [3.8, 4) is 0 Å². The van der Waals surface area contributed by atoms with Crippen LogP contribution in [-0.4, -0.2) is 32.2 Å². The standard InChI is InChI=1S/C20H21N3O3/c1-12-8-15-9-14(4-5-18(15)26-12)20(25)22-6-7-23-16(11-22)10-17(21-23)19(24)13-2-3-13/h4-5,8-10,13,19,24H,2-3,6-7,11H2,1H3/t19-/m1/s1. The molecule has 0 bridgehead atoms. The average Bonchev–Trinajstić information content (AvgIpc) is 3.29. The summed E-state index contributed by atoms with van der Waals surface area (Å²) in [5.74, 6) is 1.21. The van der Waals surface area contributed by atoms with Crippen LogP contribution in [0, 0.1) is 12.8 Å². The summed E-state index contributed by atoms with van der Waals surface area (Å²) in [6.45, 7) is 3.70. The third kappa shape index (κ3) is 2.61. The monoisotopic (exact) mass is 351 g/mol. The molecule has 1 aliphatic carbocycles. The number of aryl methyl sites for hydroxylation is 1. The van der Waals surface area contributed by atoms with Crippen LogP contribution in [0.2, 0.25) is 0 Å². The molecule has 1 aromatic carbocycles. The van der Waals surface area contributed by atoms with Gasteiger partial charge in [0, 0.05) is 17.5 Å². The Bertz CT molecular complexity index is 999. The molecule has 0 unspecified atom stereocenters. The van der Waals surface area contributed by atoms with E-state index in [0.717, 1.165) is 41.0 Å². The summed E-state index contributed by atoms with van der Waals surface area (Å²) < 4.78 is 7.51. The summed E-state index contributed by atoms with van der Waals surface area (Å²) in [5.41, 5.74) is 3.20. The van der Waals surface area contributed by atoms with E-state index >= 15 is 0 Å². The van der Waals surface area contributed by atoms with Gasteiger partial charge in [-0.3, -0.25) is 9.48 Å². The lowest BCUT2D eigenvalue weighted by molar-refractivity contribution is 0.0705. The highest BCUT2D eigenvalue weighted by molar-refractivity contribution is 5.97. The largest absolute Gasteiger partial charge is 0.461 e. The third-order valence-corrected chi connectivity index (χ3v) is 5.36. The van der Waals surface area contributed by atoms with E-state index in [4.69, 9.17) is 4.42 Å². The van der Waals surface area contributed by atoms with Crippen LogP contribution in [0.1, 0.15) is 46.5 Å². The fourth-order valence-corrected chi connectivity index (χ4v) is 3.75. The second-order valence-corrected chi connectivity index (χ2v) is 7.40. The molecule has 6 nitrogen and oxygen atoms in total. The zero-order valence-electron chi connectivity index (χ0n) is 14.7. The Morgan fingerprint density at radius 2 is 2.12 bits per heavy atom. The molecule has 1 N–H and O–H groups in total. The summed E-state index contributed by atoms with van der Waals surface area (Å²) in [6, 6.07) is 9.46. The van der Waals surface area contributed by atoms with Gasteiger partial charge in [-0.05, 0) is 56.0 Å². The first-order valence-corrected chi connectivity index (χ1v) is 9.12. The number of aliphatic hydroxyl groups excluding tert-OH is 1. The van der Waals surface area contributed by atoms with E-state index in [9.17, 15) is 9.90 Å². The molecule has 2 aromatic heterocycles. The first kappa shape index (κ1) is 15.6. The minimum atomic E-state index is -0.469. The van der Waals surface area contributed by atoms with Crippen molar-refractivity contribution < 1.29 is 14.3 Å². The molecule has 26 heavy (non-hydrogen) atoms. The fourth-order valence-electron chi connectivity index (χ4n) is 3.75. The Morgan fingerprint density at radius 3 is 2.92 bits per heavy atom. The van der Waals surface area contributed by atoms with Crippen LogP contribution in [0.4, 0.5) is 0 Å². The van der Waals surface area contributed by atoms with E-state index in [1.807, 2.05) is 46.8 Å². The molecule has 1 fully saturated rings. The Morgan fingerprint density at radius 1 is 1.27 bits per heavy atom. The molecule has 3 heterocycles. The van der Waals surface area contributed by atoms with Crippen LogP contribution >= 0.6 is 0 Å². The molecule has 0 spiro atoms. The Kier molecular flexibility index (Phi) is 3.43. The molecule has 0 saturated heterocycles. The number of aliphatic hydroxyl groups is 1. The van der Waals surface area contributed by atoms with Crippen molar-refractivity contribution in [2.45, 2.75) is 39.0 Å². The summed E-state index contributed by atoms with van der Waals surface area (Å²) in [7, 11) is 0. The van der Waals surface area contributed by atoms with E-state index in [-0.39, 0.29) is 5.91 Å². The van der Waals surface area contributed by atoms with Gasteiger partial charge in [0.25, 0.3) is 5.91 Å². The lowest BCUT2D eigenvalue weighted by atomic mass is 10.1. The Hall–Kier alpha value is -2.60. The smallest absolute Gasteiger partial charge is 0.254 e. The first-order valence-electron chi connectivity index (χ1n) is 9.12. The van der Waals surface area contributed by atoms with Crippen molar-refractivity contribution in [1.82, 2.24) is 14.7 Å². The highest BCUT2D eigenvalue weighted by atomic mass is 16.3. The van der Waals surface area contributed by atoms with Gasteiger partial charge in [-0.25, -0.2) is 0 Å². The number of benzene rings is 1. The van der Waals surface area contributed by atoms with Crippen molar-refractivity contribution in [3.05, 3.63) is 53.0 Å². The topological polar surface area (TPSA) is 71.5 Å². The van der Waals surface area contributed by atoms with Gasteiger partial charge < -0.3 is 14.4 Å². The van der Waals surface area contributed by atoms with Gasteiger partial charge in [0.2, 0.25) is 0 Å². The summed E-state index contributed by atoms with van der Waals surface area (Å²) in [6.07, 6.45) is 1.68. The van der Waals surface area contributed by atoms with E-state index in [0.29, 0.717) is 31.1 Å². The molecule has 3 aromatic rings. The van der Waals surface area contributed by atoms with Gasteiger partial charge >= 0.3 is 0 Å². The fraction of sp³-hybridized carbons (Fsp3) is 0.400. The molecule has 1 saturated carbocycles. The number of aromatic nitrogens is 2. The number of furan rings is 1. The summed E-state index contributed by atoms with van der Waals surface area (Å²) >= 11 is 0. The van der Waals surface area contributed by atoms with Crippen molar-refractivity contribution >= 4 is 16.9 Å². The molecule has 5 rings (SSSR count). The molecule has 2 aliphatic rings. The maximum Gasteiger partial charge on any atom is 0.254 e. The van der Waals surface area contributed by atoms with Crippen LogP contribution in [0.5, 0.6) is 0 Å². The van der Waals surface area contributed by atoms with Crippen molar-refractivity contribution in [2.24, 2.45) is 5.92 Å². The van der Waals surface area contributed by atoms with Gasteiger partial charge in [-0.1, -0.05) is 0 Å². The number of amides is 1. The number of hydrogen-bond donors (Lipinski definition) is 1. The van der Waals surface area contributed by atoms with Crippen LogP contribution in [0.15, 0.2) is 34.7 Å². The van der Waals surface area contributed by atoms with Crippen molar-refractivity contribution in [2.75, 3.05) is 6.54 Å². The second kappa shape index (κ2) is 5.71. The van der Waals surface area contributed by atoms with Crippen LogP contribution < -0.4 is 0 Å². The first-order chi connectivity index (χ1) is 12.6. The van der Waals surface area contributed by atoms with Gasteiger partial charge in [0.15, 0.2) is 0 Å². The molecule has 1 atom stereocenters. The maximum atomic E-state index is 12.9. The number of rotatable bonds is 3. The molecular formula is C20H21N3O3. The Balaban J connectivity index is 1.38. The molecule has 6 heteroatoms. The highest BCUT2D eigenvalue weighted by Crippen LogP contribution is 2.40. The number of nitrogens with zero attached hydrogens (tertiary/aromatic N) is 3. The van der Waals surface area contributed by atoms with Gasteiger partial charge in [0.05, 0.1) is 24.5 Å². The minimum absolute atomic E-state index is 0.0162. The van der Waals surface area contributed by atoms with E-state index in [1.54, 1.807) is 0 Å². The number of fused-ring (bicyclic) bond motifs is 2. The minimum Gasteiger partial charge on any atom is -0.461 e. The average molecular weight is 351 g/mol. The zero-order chi connectivity index (χ0) is 17.8. The zero-order valence-corrected chi connectivity index (χ0v) is 14.7. The number of carbonyl (C=O) groups excluding carboxylic acids is 1. The summed E-state index contributed by atoms with van der Waals surface area (Å²) in [5, 5.41) is 15.8. The van der Waals surface area contributed by atoms with Crippen LogP contribution in [0.3, 0.4) is 0 Å². The maximum absolute atomic E-state index is 12.9. The highest BCUT2D eigenvalue weighted by Gasteiger charge is 2.33. The van der Waals surface area contributed by atoms with Gasteiger partial charge in [-0.2, -0.15) is 5.10 Å². The van der Waals surface area contributed by atoms with Gasteiger partial charge in [0.1, 0.15) is 17.4 Å². The van der Waals surface area contributed by atoms with E-state index < -0.39 is 6.10 Å². The van der Waals surface area contributed by atoms with Crippen LogP contribution in [-0.2, 0) is 13.1 Å². The molecule has 134 valence electrons. The number of hydrogen-bond acceptors (Lipinski definition) is 4. The van der Waals surface area contributed by atoms with E-state index in [1.165, 1.54) is 0 Å². The lowest BCUT2D eigenvalue weighted by Crippen LogP contribution is -2.38. The second-order valence-electron chi connectivity index (χ2n) is 7.40. The molecule has 1 aliphatic heterocycles. The van der Waals surface area contributed by atoms with E-state index in [2.05, 4.69) is 5.10 Å². The van der Waals surface area contributed by atoms with Crippen LogP contribution in [0.25, 0.3) is 11.0 Å². The SMILES string of the molecule is Cc1cc2cc(C(=O)N3CCn4nc([C@H](O)C5CC5)cc4C3)ccc2o1. The summed E-state index contributed by atoms with van der Waals surface area (Å²) in [4.78, 5) is 14.8. The lowest BCUT2D eigenvalue weighted by Gasteiger charge is -2.27. The normalized spacial score (nSPS) is 18.2. The van der Waals surface area contributed by atoms with Crippen molar-refractivity contribution in [3.63, 3.8) is 0 Å². The quantitative estimate of drug-likeness (QED) is 0.787. The molecule has 1 amide bonds. The Labute approximate surface area is 151 Å². The van der Waals surface area contributed by atoms with Gasteiger partial charge in [-0.15, -0.1) is 0 Å². The molecular weight excluding hydrogens is 330 g/mol. The number of carbonyl (C=O) groups is 1. The predicted octanol–water partition coefficient (Wildman–Crippen LogP) is 3.04. The molecule has 0 radical (unpaired) electrons. The predicted molar refractivity (Wildman–Crippen MR) is 95.6 cm³/mol. The van der Waals surface area contributed by atoms with Crippen molar-refractivity contribution in [1.29, 1.82) is 0 Å².